The normalized spacial score (nSPS) is 10.2. The van der Waals surface area contributed by atoms with E-state index in [0.717, 1.165) is 18.8 Å². The Hall–Kier alpha value is -2.53. The van der Waals surface area contributed by atoms with E-state index in [1.54, 1.807) is 36.4 Å². The van der Waals surface area contributed by atoms with E-state index in [2.05, 4.69) is 24.1 Å². The first kappa shape index (κ1) is 18.8. The molecule has 0 spiro atoms. The highest BCUT2D eigenvalue weighted by atomic mass is 35.5. The third-order valence-corrected chi connectivity index (χ3v) is 3.95. The average Bonchev–Trinajstić information content (AvgIpc) is 2.63. The summed E-state index contributed by atoms with van der Waals surface area (Å²) in [6, 6.07) is 13.8. The fourth-order valence-corrected chi connectivity index (χ4v) is 2.47. The highest BCUT2D eigenvalue weighted by Crippen LogP contribution is 2.16. The van der Waals surface area contributed by atoms with Crippen molar-refractivity contribution in [1.29, 1.82) is 0 Å². The van der Waals surface area contributed by atoms with E-state index < -0.39 is 11.9 Å². The lowest BCUT2D eigenvalue weighted by molar-refractivity contribution is -0.119. The first-order valence-corrected chi connectivity index (χ1v) is 8.48. The van der Waals surface area contributed by atoms with Gasteiger partial charge in [-0.2, -0.15) is 0 Å². The van der Waals surface area contributed by atoms with E-state index in [4.69, 9.17) is 16.3 Å². The van der Waals surface area contributed by atoms with Crippen molar-refractivity contribution in [3.8, 4) is 0 Å². The lowest BCUT2D eigenvalue weighted by Crippen LogP contribution is -2.22. The van der Waals surface area contributed by atoms with Crippen LogP contribution in [0, 0.1) is 0 Å². The highest BCUT2D eigenvalue weighted by Gasteiger charge is 2.11. The summed E-state index contributed by atoms with van der Waals surface area (Å²) in [6.07, 6.45) is 0. The standard InChI is InChI=1S/C19H21ClN2O3/c1-3-22(4-2)17-11-5-14(6-12-17)19(24)25-13-18(23)21-16-9-7-15(20)8-10-16/h5-12H,3-4,13H2,1-2H3,(H,21,23). The van der Waals surface area contributed by atoms with Crippen LogP contribution < -0.4 is 10.2 Å². The topological polar surface area (TPSA) is 58.6 Å². The lowest BCUT2D eigenvalue weighted by Gasteiger charge is -2.20. The molecule has 0 aliphatic carbocycles. The number of esters is 1. The molecule has 0 atom stereocenters. The summed E-state index contributed by atoms with van der Waals surface area (Å²) >= 11 is 5.78. The minimum atomic E-state index is -0.530. The Morgan fingerprint density at radius 1 is 1.00 bits per heavy atom. The molecule has 0 unspecified atom stereocenters. The van der Waals surface area contributed by atoms with E-state index in [1.165, 1.54) is 0 Å². The summed E-state index contributed by atoms with van der Waals surface area (Å²) in [7, 11) is 0. The van der Waals surface area contributed by atoms with Gasteiger partial charge in [-0.3, -0.25) is 4.79 Å². The minimum absolute atomic E-state index is 0.348. The molecule has 5 nitrogen and oxygen atoms in total. The molecular formula is C19H21ClN2O3. The summed E-state index contributed by atoms with van der Waals surface area (Å²) in [6.45, 7) is 5.59. The van der Waals surface area contributed by atoms with Gasteiger partial charge in [-0.15, -0.1) is 0 Å². The molecule has 0 bridgehead atoms. The van der Waals surface area contributed by atoms with Crippen LogP contribution >= 0.6 is 11.6 Å². The van der Waals surface area contributed by atoms with Crippen LogP contribution in [0.25, 0.3) is 0 Å². The molecule has 132 valence electrons. The first-order chi connectivity index (χ1) is 12.0. The van der Waals surface area contributed by atoms with Crippen molar-refractivity contribution in [1.82, 2.24) is 0 Å². The van der Waals surface area contributed by atoms with E-state index >= 15 is 0 Å². The summed E-state index contributed by atoms with van der Waals surface area (Å²) in [5, 5.41) is 3.21. The molecule has 1 N–H and O–H groups in total. The van der Waals surface area contributed by atoms with E-state index in [-0.39, 0.29) is 6.61 Å². The van der Waals surface area contributed by atoms with Gasteiger partial charge in [0.05, 0.1) is 5.56 Å². The molecule has 0 saturated heterocycles. The summed E-state index contributed by atoms with van der Waals surface area (Å²) in [5.74, 6) is -0.937. The zero-order chi connectivity index (χ0) is 18.2. The molecule has 25 heavy (non-hydrogen) atoms. The van der Waals surface area contributed by atoms with Crippen LogP contribution in [0.2, 0.25) is 5.02 Å². The summed E-state index contributed by atoms with van der Waals surface area (Å²) in [4.78, 5) is 26.0. The second-order valence-corrected chi connectivity index (χ2v) is 5.79. The van der Waals surface area contributed by atoms with Crippen LogP contribution in [0.3, 0.4) is 0 Å². The molecule has 0 aliphatic heterocycles. The van der Waals surface area contributed by atoms with Crippen molar-refractivity contribution in [3.63, 3.8) is 0 Å². The smallest absolute Gasteiger partial charge is 0.338 e. The zero-order valence-electron chi connectivity index (χ0n) is 14.3. The van der Waals surface area contributed by atoms with Crippen molar-refractivity contribution in [2.24, 2.45) is 0 Å². The SMILES string of the molecule is CCN(CC)c1ccc(C(=O)OCC(=O)Nc2ccc(Cl)cc2)cc1. The molecular weight excluding hydrogens is 340 g/mol. The van der Waals surface area contributed by atoms with Gasteiger partial charge in [0.25, 0.3) is 5.91 Å². The van der Waals surface area contributed by atoms with E-state index in [0.29, 0.717) is 16.3 Å². The number of nitrogens with one attached hydrogen (secondary N) is 1. The van der Waals surface area contributed by atoms with Crippen molar-refractivity contribution < 1.29 is 14.3 Å². The van der Waals surface area contributed by atoms with Gasteiger partial charge in [0, 0.05) is 29.5 Å². The Morgan fingerprint density at radius 3 is 2.16 bits per heavy atom. The fourth-order valence-electron chi connectivity index (χ4n) is 2.34. The molecule has 2 aromatic carbocycles. The van der Waals surface area contributed by atoms with Crippen LogP contribution in [0.5, 0.6) is 0 Å². The molecule has 0 saturated carbocycles. The lowest BCUT2D eigenvalue weighted by atomic mass is 10.2. The molecule has 0 aliphatic rings. The Labute approximate surface area is 152 Å². The zero-order valence-corrected chi connectivity index (χ0v) is 15.0. The van der Waals surface area contributed by atoms with Gasteiger partial charge in [0.1, 0.15) is 0 Å². The van der Waals surface area contributed by atoms with Gasteiger partial charge >= 0.3 is 5.97 Å². The number of hydrogen-bond donors (Lipinski definition) is 1. The Bertz CT molecular complexity index is 710. The highest BCUT2D eigenvalue weighted by molar-refractivity contribution is 6.30. The minimum Gasteiger partial charge on any atom is -0.452 e. The molecule has 0 radical (unpaired) electrons. The number of rotatable bonds is 7. The molecule has 1 amide bonds. The third kappa shape index (κ3) is 5.50. The fraction of sp³-hybridized carbons (Fsp3) is 0.263. The van der Waals surface area contributed by atoms with Crippen LogP contribution in [-0.4, -0.2) is 31.6 Å². The van der Waals surface area contributed by atoms with E-state index in [9.17, 15) is 9.59 Å². The number of carbonyl (C=O) groups excluding carboxylic acids is 2. The Kier molecular flexibility index (Phi) is 6.83. The number of amides is 1. The number of nitrogens with zero attached hydrogens (tertiary/aromatic N) is 1. The largest absolute Gasteiger partial charge is 0.452 e. The number of halogens is 1. The molecule has 0 fully saturated rings. The second kappa shape index (κ2) is 9.08. The maximum absolute atomic E-state index is 12.0. The molecule has 6 heteroatoms. The third-order valence-electron chi connectivity index (χ3n) is 3.69. The molecule has 0 heterocycles. The van der Waals surface area contributed by atoms with E-state index in [1.807, 2.05) is 12.1 Å². The Balaban J connectivity index is 1.87. The summed E-state index contributed by atoms with van der Waals surface area (Å²) < 4.78 is 5.05. The van der Waals surface area contributed by atoms with Gasteiger partial charge in [0.15, 0.2) is 6.61 Å². The van der Waals surface area contributed by atoms with Crippen molar-refractivity contribution in [3.05, 3.63) is 59.1 Å². The van der Waals surface area contributed by atoms with Crippen LogP contribution in [0.4, 0.5) is 11.4 Å². The summed E-state index contributed by atoms with van der Waals surface area (Å²) in [5.41, 5.74) is 2.05. The van der Waals surface area contributed by atoms with Gasteiger partial charge < -0.3 is 15.0 Å². The van der Waals surface area contributed by atoms with Gasteiger partial charge in [-0.25, -0.2) is 4.79 Å². The molecule has 2 aromatic rings. The number of hydrogen-bond acceptors (Lipinski definition) is 4. The van der Waals surface area contributed by atoms with Crippen molar-refractivity contribution in [2.75, 3.05) is 29.9 Å². The van der Waals surface area contributed by atoms with Gasteiger partial charge in [0.2, 0.25) is 0 Å². The Morgan fingerprint density at radius 2 is 1.60 bits per heavy atom. The van der Waals surface area contributed by atoms with Gasteiger partial charge in [-0.05, 0) is 62.4 Å². The van der Waals surface area contributed by atoms with Crippen LogP contribution in [-0.2, 0) is 9.53 Å². The monoisotopic (exact) mass is 360 g/mol. The number of benzene rings is 2. The first-order valence-electron chi connectivity index (χ1n) is 8.11. The maximum Gasteiger partial charge on any atom is 0.338 e. The van der Waals surface area contributed by atoms with Crippen LogP contribution in [0.1, 0.15) is 24.2 Å². The second-order valence-electron chi connectivity index (χ2n) is 5.35. The van der Waals surface area contributed by atoms with Gasteiger partial charge in [-0.1, -0.05) is 11.6 Å². The quantitative estimate of drug-likeness (QED) is 0.759. The van der Waals surface area contributed by atoms with Crippen LogP contribution in [0.15, 0.2) is 48.5 Å². The predicted octanol–water partition coefficient (Wildman–Crippen LogP) is 3.98. The molecule has 2 rings (SSSR count). The van der Waals surface area contributed by atoms with Crippen molar-refractivity contribution in [2.45, 2.75) is 13.8 Å². The predicted molar refractivity (Wildman–Crippen MR) is 100 cm³/mol. The average molecular weight is 361 g/mol. The molecule has 0 aromatic heterocycles. The number of carbonyl (C=O) groups is 2. The maximum atomic E-state index is 12.0. The number of ether oxygens (including phenoxy) is 1. The number of anilines is 2. The van der Waals surface area contributed by atoms with Crippen molar-refractivity contribution >= 4 is 34.9 Å².